The summed E-state index contributed by atoms with van der Waals surface area (Å²) in [4.78, 5) is 17.4. The van der Waals surface area contributed by atoms with Crippen molar-refractivity contribution < 1.29 is 4.79 Å². The fourth-order valence-corrected chi connectivity index (χ4v) is 3.05. The Balaban J connectivity index is 2.23. The Labute approximate surface area is 125 Å². The zero-order valence-electron chi connectivity index (χ0n) is 12.4. The average molecular weight is 280 g/mol. The molecule has 3 nitrogen and oxygen atoms in total. The van der Waals surface area contributed by atoms with Crippen molar-refractivity contribution in [3.8, 4) is 0 Å². The number of hydrogen-bond donors (Lipinski definition) is 1. The smallest absolute Gasteiger partial charge is 0.252 e. The van der Waals surface area contributed by atoms with E-state index in [4.69, 9.17) is 4.98 Å². The van der Waals surface area contributed by atoms with E-state index < -0.39 is 0 Å². The van der Waals surface area contributed by atoms with Gasteiger partial charge in [-0.3, -0.25) is 9.78 Å². The number of rotatable bonds is 3. The van der Waals surface area contributed by atoms with Crippen molar-refractivity contribution in [3.63, 3.8) is 0 Å². The number of aryl methyl sites for hydroxylation is 2. The zero-order chi connectivity index (χ0) is 14.8. The van der Waals surface area contributed by atoms with Crippen molar-refractivity contribution >= 4 is 16.8 Å². The van der Waals surface area contributed by atoms with Crippen LogP contribution in [-0.2, 0) is 12.8 Å². The molecule has 1 aliphatic rings. The average Bonchev–Trinajstić information content (AvgIpc) is 2.50. The maximum absolute atomic E-state index is 12.6. The summed E-state index contributed by atoms with van der Waals surface area (Å²) in [6.45, 7) is 6.20. The molecule has 0 saturated carbocycles. The Morgan fingerprint density at radius 3 is 3.00 bits per heavy atom. The summed E-state index contributed by atoms with van der Waals surface area (Å²) in [5.74, 6) is -0.00829. The van der Waals surface area contributed by atoms with Crippen LogP contribution in [0.1, 0.15) is 40.0 Å². The number of carbonyl (C=O) groups excluding carboxylic acids is 1. The van der Waals surface area contributed by atoms with Gasteiger partial charge in [0.05, 0.1) is 11.1 Å². The van der Waals surface area contributed by atoms with Gasteiger partial charge in [-0.1, -0.05) is 17.7 Å². The fraction of sp³-hybridized carbons (Fsp3) is 0.333. The summed E-state index contributed by atoms with van der Waals surface area (Å²) < 4.78 is 0. The number of hydrogen-bond acceptors (Lipinski definition) is 2. The minimum absolute atomic E-state index is 0.00829. The second-order valence-electron chi connectivity index (χ2n) is 5.64. The van der Waals surface area contributed by atoms with E-state index in [9.17, 15) is 4.79 Å². The fourth-order valence-electron chi connectivity index (χ4n) is 3.05. The van der Waals surface area contributed by atoms with E-state index >= 15 is 0 Å². The highest BCUT2D eigenvalue weighted by molar-refractivity contribution is 6.08. The molecule has 3 rings (SSSR count). The molecular formula is C18H20N2O. The molecule has 0 aliphatic heterocycles. The predicted octanol–water partition coefficient (Wildman–Crippen LogP) is 3.34. The molecule has 0 saturated heterocycles. The highest BCUT2D eigenvalue weighted by atomic mass is 16.1. The molecule has 1 aliphatic carbocycles. The lowest BCUT2D eigenvalue weighted by Crippen LogP contribution is -2.26. The summed E-state index contributed by atoms with van der Waals surface area (Å²) in [6, 6.07) is 6.14. The van der Waals surface area contributed by atoms with Crippen LogP contribution in [0.25, 0.3) is 10.9 Å². The molecule has 0 bridgehead atoms. The first-order chi connectivity index (χ1) is 10.2. The van der Waals surface area contributed by atoms with Crippen molar-refractivity contribution in [1.82, 2.24) is 10.3 Å². The normalized spacial score (nSPS) is 13.8. The summed E-state index contributed by atoms with van der Waals surface area (Å²) in [5, 5.41) is 3.90. The first-order valence-electron chi connectivity index (χ1n) is 7.52. The van der Waals surface area contributed by atoms with Crippen molar-refractivity contribution in [2.75, 3.05) is 6.54 Å². The lowest BCUT2D eigenvalue weighted by atomic mass is 9.89. The second-order valence-corrected chi connectivity index (χ2v) is 5.64. The molecule has 1 amide bonds. The standard InChI is InChI=1S/C18H20N2O/c1-3-10-19-18(21)17-13-6-4-5-7-15(13)20-16-9-8-12(2)11-14(16)17/h3,8-9,11H,1,4-7,10H2,2H3,(H,19,21). The first-order valence-corrected chi connectivity index (χ1v) is 7.52. The highest BCUT2D eigenvalue weighted by Gasteiger charge is 2.22. The molecule has 1 aromatic heterocycles. The van der Waals surface area contributed by atoms with Crippen molar-refractivity contribution in [3.05, 3.63) is 53.2 Å². The molecule has 3 heteroatoms. The van der Waals surface area contributed by atoms with Gasteiger partial charge in [-0.25, -0.2) is 0 Å². The van der Waals surface area contributed by atoms with E-state index in [1.165, 1.54) is 0 Å². The number of fused-ring (bicyclic) bond motifs is 2. The SMILES string of the molecule is C=CCNC(=O)c1c2c(nc3ccc(C)cc13)CCCC2. The Kier molecular flexibility index (Phi) is 3.74. The number of carbonyl (C=O) groups is 1. The molecule has 0 spiro atoms. The lowest BCUT2D eigenvalue weighted by molar-refractivity contribution is 0.0958. The van der Waals surface area contributed by atoms with E-state index in [0.29, 0.717) is 6.54 Å². The van der Waals surface area contributed by atoms with Gasteiger partial charge in [0.25, 0.3) is 5.91 Å². The number of nitrogens with zero attached hydrogens (tertiary/aromatic N) is 1. The third-order valence-corrected chi connectivity index (χ3v) is 4.05. The predicted molar refractivity (Wildman–Crippen MR) is 85.7 cm³/mol. The van der Waals surface area contributed by atoms with E-state index in [1.807, 2.05) is 13.0 Å². The van der Waals surface area contributed by atoms with Crippen molar-refractivity contribution in [2.45, 2.75) is 32.6 Å². The summed E-state index contributed by atoms with van der Waals surface area (Å²) in [5.41, 5.74) is 5.13. The van der Waals surface area contributed by atoms with Gasteiger partial charge in [-0.05, 0) is 50.3 Å². The Morgan fingerprint density at radius 2 is 2.19 bits per heavy atom. The van der Waals surface area contributed by atoms with E-state index in [0.717, 1.165) is 59.0 Å². The van der Waals surface area contributed by atoms with Crippen LogP contribution in [0.5, 0.6) is 0 Å². The Bertz CT molecular complexity index is 719. The minimum Gasteiger partial charge on any atom is -0.349 e. The van der Waals surface area contributed by atoms with E-state index in [2.05, 4.69) is 24.0 Å². The van der Waals surface area contributed by atoms with Crippen LogP contribution in [0.15, 0.2) is 30.9 Å². The van der Waals surface area contributed by atoms with Crippen LogP contribution < -0.4 is 5.32 Å². The second kappa shape index (κ2) is 5.68. The first kappa shape index (κ1) is 13.8. The number of pyridine rings is 1. The third-order valence-electron chi connectivity index (χ3n) is 4.05. The maximum atomic E-state index is 12.6. The third kappa shape index (κ3) is 2.56. The lowest BCUT2D eigenvalue weighted by Gasteiger charge is -2.20. The Morgan fingerprint density at radius 1 is 1.38 bits per heavy atom. The molecule has 21 heavy (non-hydrogen) atoms. The van der Waals surface area contributed by atoms with Crippen LogP contribution in [0, 0.1) is 6.92 Å². The summed E-state index contributed by atoms with van der Waals surface area (Å²) in [7, 11) is 0. The minimum atomic E-state index is -0.00829. The van der Waals surface area contributed by atoms with Gasteiger partial charge in [-0.2, -0.15) is 0 Å². The van der Waals surface area contributed by atoms with E-state index in [-0.39, 0.29) is 5.91 Å². The largest absolute Gasteiger partial charge is 0.349 e. The number of amides is 1. The van der Waals surface area contributed by atoms with Crippen molar-refractivity contribution in [1.29, 1.82) is 0 Å². The van der Waals surface area contributed by atoms with E-state index in [1.54, 1.807) is 6.08 Å². The quantitative estimate of drug-likeness (QED) is 0.876. The van der Waals surface area contributed by atoms with Gasteiger partial charge >= 0.3 is 0 Å². The van der Waals surface area contributed by atoms with Gasteiger partial charge in [0, 0.05) is 17.6 Å². The van der Waals surface area contributed by atoms with Gasteiger partial charge < -0.3 is 5.32 Å². The van der Waals surface area contributed by atoms with Gasteiger partial charge in [0.15, 0.2) is 0 Å². The molecular weight excluding hydrogens is 260 g/mol. The van der Waals surface area contributed by atoms with Gasteiger partial charge in [0.1, 0.15) is 0 Å². The van der Waals surface area contributed by atoms with Crippen molar-refractivity contribution in [2.24, 2.45) is 0 Å². The molecule has 1 N–H and O–H groups in total. The van der Waals surface area contributed by atoms with Crippen LogP contribution in [0.3, 0.4) is 0 Å². The van der Waals surface area contributed by atoms with Crippen LogP contribution in [-0.4, -0.2) is 17.4 Å². The zero-order valence-corrected chi connectivity index (χ0v) is 12.4. The number of benzene rings is 1. The molecule has 0 atom stereocenters. The molecule has 2 aromatic rings. The summed E-state index contributed by atoms with van der Waals surface area (Å²) >= 11 is 0. The molecule has 108 valence electrons. The van der Waals surface area contributed by atoms with Crippen LogP contribution in [0.2, 0.25) is 0 Å². The molecule has 0 unspecified atom stereocenters. The molecule has 1 aromatic carbocycles. The van der Waals surface area contributed by atoms with Crippen LogP contribution in [0.4, 0.5) is 0 Å². The highest BCUT2D eigenvalue weighted by Crippen LogP contribution is 2.29. The van der Waals surface area contributed by atoms with Crippen LogP contribution >= 0.6 is 0 Å². The molecule has 1 heterocycles. The van der Waals surface area contributed by atoms with Gasteiger partial charge in [-0.15, -0.1) is 6.58 Å². The molecule has 0 fully saturated rings. The summed E-state index contributed by atoms with van der Waals surface area (Å²) in [6.07, 6.45) is 5.92. The van der Waals surface area contributed by atoms with Gasteiger partial charge in [0.2, 0.25) is 0 Å². The number of aromatic nitrogens is 1. The topological polar surface area (TPSA) is 42.0 Å². The maximum Gasteiger partial charge on any atom is 0.252 e. The number of nitrogens with one attached hydrogen (secondary N) is 1. The molecule has 0 radical (unpaired) electrons. The monoisotopic (exact) mass is 280 g/mol. The Hall–Kier alpha value is -2.16.